The summed E-state index contributed by atoms with van der Waals surface area (Å²) in [7, 11) is 0. The molecule has 0 amide bonds. The summed E-state index contributed by atoms with van der Waals surface area (Å²) in [6.45, 7) is 4.40. The number of carbonyl (C=O) groups is 1. The SMILES string of the molecule is CC1=C(C(=O)OC2CCCCC2)C(c2ccc(OCc3ccccc3C)cc2)n2nc(SCc3ccccc3F)nc2N1. The van der Waals surface area contributed by atoms with E-state index < -0.39 is 6.04 Å². The second-order valence-electron chi connectivity index (χ2n) is 11.1. The van der Waals surface area contributed by atoms with Crippen molar-refractivity contribution >= 4 is 23.7 Å². The standard InChI is InChI=1S/C34H35FN4O3S/c1-22-10-6-7-11-25(22)20-41-27-18-16-24(17-19-27)31-30(32(40)42-28-13-4-3-5-14-28)23(2)36-33-37-34(38-39(31)33)43-21-26-12-8-9-15-29(26)35/h6-12,15-19,28,31H,3-5,13-14,20-21H2,1-2H3,(H,36,37,38). The lowest BCUT2D eigenvalue weighted by atomic mass is 9.95. The molecule has 1 N–H and O–H groups in total. The summed E-state index contributed by atoms with van der Waals surface area (Å²) < 4.78 is 28.1. The van der Waals surface area contributed by atoms with E-state index in [1.165, 1.54) is 29.8 Å². The largest absolute Gasteiger partial charge is 0.489 e. The fourth-order valence-corrected chi connectivity index (χ4v) is 6.42. The zero-order valence-electron chi connectivity index (χ0n) is 24.4. The molecule has 3 aromatic carbocycles. The molecule has 1 aromatic heterocycles. The first-order chi connectivity index (χ1) is 21.0. The Morgan fingerprint density at radius 3 is 2.44 bits per heavy atom. The lowest BCUT2D eigenvalue weighted by Gasteiger charge is -2.30. The summed E-state index contributed by atoms with van der Waals surface area (Å²) in [6.07, 6.45) is 4.99. The smallest absolute Gasteiger partial charge is 0.338 e. The van der Waals surface area contributed by atoms with E-state index in [4.69, 9.17) is 19.6 Å². The molecule has 1 fully saturated rings. The van der Waals surface area contributed by atoms with Gasteiger partial charge >= 0.3 is 5.97 Å². The summed E-state index contributed by atoms with van der Waals surface area (Å²) in [5.41, 5.74) is 4.92. The first kappa shape index (κ1) is 29.0. The first-order valence-corrected chi connectivity index (χ1v) is 15.7. The number of hydrogen-bond donors (Lipinski definition) is 1. The Morgan fingerprint density at radius 2 is 1.70 bits per heavy atom. The number of esters is 1. The number of anilines is 1. The van der Waals surface area contributed by atoms with Crippen LogP contribution in [0.4, 0.5) is 10.3 Å². The van der Waals surface area contributed by atoms with Crippen molar-refractivity contribution in [2.24, 2.45) is 0 Å². The van der Waals surface area contributed by atoms with Crippen LogP contribution < -0.4 is 10.1 Å². The molecule has 1 saturated carbocycles. The normalized spacial score (nSPS) is 16.9. The van der Waals surface area contributed by atoms with Gasteiger partial charge in [-0.3, -0.25) is 0 Å². The van der Waals surface area contributed by atoms with E-state index in [0.717, 1.165) is 42.6 Å². The molecule has 43 heavy (non-hydrogen) atoms. The van der Waals surface area contributed by atoms with E-state index in [1.807, 2.05) is 49.4 Å². The van der Waals surface area contributed by atoms with Gasteiger partial charge in [0.05, 0.1) is 5.57 Å². The molecule has 4 aromatic rings. The van der Waals surface area contributed by atoms with Gasteiger partial charge in [0.1, 0.15) is 30.3 Å². The average Bonchev–Trinajstić information content (AvgIpc) is 3.42. The summed E-state index contributed by atoms with van der Waals surface area (Å²) in [5.74, 6) is 1.03. The topological polar surface area (TPSA) is 78.3 Å². The number of allylic oxidation sites excluding steroid dienone is 1. The monoisotopic (exact) mass is 598 g/mol. The van der Waals surface area contributed by atoms with E-state index in [1.54, 1.807) is 16.8 Å². The molecule has 1 unspecified atom stereocenters. The zero-order chi connectivity index (χ0) is 29.8. The summed E-state index contributed by atoms with van der Waals surface area (Å²) in [6, 6.07) is 22.1. The van der Waals surface area contributed by atoms with Crippen molar-refractivity contribution in [3.63, 3.8) is 0 Å². The Balaban J connectivity index is 1.27. The van der Waals surface area contributed by atoms with Gasteiger partial charge < -0.3 is 14.8 Å². The highest BCUT2D eigenvalue weighted by Gasteiger charge is 2.36. The van der Waals surface area contributed by atoms with Gasteiger partial charge in [-0.2, -0.15) is 4.98 Å². The highest BCUT2D eigenvalue weighted by molar-refractivity contribution is 7.98. The van der Waals surface area contributed by atoms with Crippen molar-refractivity contribution in [3.05, 3.63) is 112 Å². The molecule has 6 rings (SSSR count). The lowest BCUT2D eigenvalue weighted by Crippen LogP contribution is -2.32. The number of thioether (sulfide) groups is 1. The van der Waals surface area contributed by atoms with E-state index in [-0.39, 0.29) is 17.9 Å². The van der Waals surface area contributed by atoms with Crippen LogP contribution in [0.1, 0.15) is 67.3 Å². The van der Waals surface area contributed by atoms with Crippen molar-refractivity contribution in [1.29, 1.82) is 0 Å². The number of halogens is 1. The van der Waals surface area contributed by atoms with E-state index >= 15 is 0 Å². The molecule has 2 aliphatic rings. The number of aryl methyl sites for hydroxylation is 1. The molecule has 9 heteroatoms. The highest BCUT2D eigenvalue weighted by atomic mass is 32.2. The van der Waals surface area contributed by atoms with Gasteiger partial charge in [0.15, 0.2) is 0 Å². The predicted octanol–water partition coefficient (Wildman–Crippen LogP) is 7.76. The molecule has 0 radical (unpaired) electrons. The second kappa shape index (κ2) is 13.0. The molecule has 7 nitrogen and oxygen atoms in total. The third kappa shape index (κ3) is 6.62. The first-order valence-electron chi connectivity index (χ1n) is 14.7. The quantitative estimate of drug-likeness (QED) is 0.156. The Kier molecular flexibility index (Phi) is 8.79. The van der Waals surface area contributed by atoms with E-state index in [9.17, 15) is 9.18 Å². The van der Waals surface area contributed by atoms with Gasteiger partial charge in [0.25, 0.3) is 0 Å². The summed E-state index contributed by atoms with van der Waals surface area (Å²) >= 11 is 1.35. The lowest BCUT2D eigenvalue weighted by molar-refractivity contribution is -0.146. The Bertz CT molecular complexity index is 1630. The van der Waals surface area contributed by atoms with Gasteiger partial charge in [-0.05, 0) is 80.0 Å². The van der Waals surface area contributed by atoms with Crippen LogP contribution in [0.5, 0.6) is 5.75 Å². The molecule has 0 saturated heterocycles. The molecule has 222 valence electrons. The molecule has 0 spiro atoms. The number of benzene rings is 3. The van der Waals surface area contributed by atoms with Gasteiger partial charge in [-0.1, -0.05) is 72.8 Å². The van der Waals surface area contributed by atoms with E-state index in [0.29, 0.717) is 40.3 Å². The predicted molar refractivity (Wildman–Crippen MR) is 165 cm³/mol. The van der Waals surface area contributed by atoms with Gasteiger partial charge in [0.2, 0.25) is 11.1 Å². The number of nitrogens with one attached hydrogen (secondary N) is 1. The molecular formula is C34H35FN4O3S. The number of nitrogens with zero attached hydrogens (tertiary/aromatic N) is 3. The summed E-state index contributed by atoms with van der Waals surface area (Å²) in [4.78, 5) is 18.4. The summed E-state index contributed by atoms with van der Waals surface area (Å²) in [5, 5.41) is 8.54. The van der Waals surface area contributed by atoms with Crippen molar-refractivity contribution in [1.82, 2.24) is 14.8 Å². The maximum absolute atomic E-state index is 14.3. The van der Waals surface area contributed by atoms with Crippen LogP contribution >= 0.6 is 11.8 Å². The molecule has 2 heterocycles. The zero-order valence-corrected chi connectivity index (χ0v) is 25.2. The second-order valence-corrected chi connectivity index (χ2v) is 12.0. The van der Waals surface area contributed by atoms with Gasteiger partial charge in [0, 0.05) is 11.4 Å². The van der Waals surface area contributed by atoms with Crippen LogP contribution in [-0.2, 0) is 21.9 Å². The molecule has 1 aliphatic heterocycles. The number of fused-ring (bicyclic) bond motifs is 1. The molecule has 0 bridgehead atoms. The minimum atomic E-state index is -0.548. The van der Waals surface area contributed by atoms with Crippen LogP contribution in [0, 0.1) is 12.7 Å². The number of rotatable bonds is 9. The van der Waals surface area contributed by atoms with Gasteiger partial charge in [-0.25, -0.2) is 13.9 Å². The number of ether oxygens (including phenoxy) is 2. The fraction of sp³-hybridized carbons (Fsp3) is 0.324. The molecule has 1 atom stereocenters. The van der Waals surface area contributed by atoms with Crippen LogP contribution in [0.2, 0.25) is 0 Å². The maximum Gasteiger partial charge on any atom is 0.338 e. The average molecular weight is 599 g/mol. The van der Waals surface area contributed by atoms with Crippen LogP contribution in [0.3, 0.4) is 0 Å². The third-order valence-corrected chi connectivity index (χ3v) is 8.93. The van der Waals surface area contributed by atoms with Crippen molar-refractivity contribution in [2.45, 2.75) is 75.6 Å². The van der Waals surface area contributed by atoms with Crippen molar-refractivity contribution in [3.8, 4) is 5.75 Å². The molecule has 1 aliphatic carbocycles. The number of aromatic nitrogens is 3. The van der Waals surface area contributed by atoms with Crippen LogP contribution in [0.25, 0.3) is 0 Å². The van der Waals surface area contributed by atoms with Crippen molar-refractivity contribution in [2.75, 3.05) is 5.32 Å². The fourth-order valence-electron chi connectivity index (χ4n) is 5.60. The maximum atomic E-state index is 14.3. The minimum Gasteiger partial charge on any atom is -0.489 e. The Morgan fingerprint density at radius 1 is 0.977 bits per heavy atom. The Hall–Kier alpha value is -4.11. The molecular weight excluding hydrogens is 563 g/mol. The van der Waals surface area contributed by atoms with Crippen molar-refractivity contribution < 1.29 is 18.7 Å². The number of carbonyl (C=O) groups excluding carboxylic acids is 1. The van der Waals surface area contributed by atoms with Gasteiger partial charge in [-0.15, -0.1) is 5.10 Å². The highest BCUT2D eigenvalue weighted by Crippen LogP contribution is 2.38. The third-order valence-electron chi connectivity index (χ3n) is 8.05. The van der Waals surface area contributed by atoms with Crippen LogP contribution in [-0.4, -0.2) is 26.8 Å². The number of hydrogen-bond acceptors (Lipinski definition) is 7. The van der Waals surface area contributed by atoms with Crippen LogP contribution in [0.15, 0.2) is 89.2 Å². The van der Waals surface area contributed by atoms with E-state index in [2.05, 4.69) is 24.4 Å². The minimum absolute atomic E-state index is 0.0801. The Labute approximate surface area is 255 Å².